The van der Waals surface area contributed by atoms with E-state index in [9.17, 15) is 4.79 Å². The summed E-state index contributed by atoms with van der Waals surface area (Å²) in [6, 6.07) is 0. The van der Waals surface area contributed by atoms with Gasteiger partial charge in [-0.25, -0.2) is 15.0 Å². The van der Waals surface area contributed by atoms with E-state index >= 15 is 0 Å². The highest BCUT2D eigenvalue weighted by Crippen LogP contribution is 2.27. The quantitative estimate of drug-likeness (QED) is 0.825. The van der Waals surface area contributed by atoms with Crippen LogP contribution in [-0.4, -0.2) is 54.9 Å². The molecule has 7 heteroatoms. The number of rotatable bonds is 4. The van der Waals surface area contributed by atoms with Crippen molar-refractivity contribution >= 4 is 5.91 Å². The molecule has 1 fully saturated rings. The zero-order chi connectivity index (χ0) is 18.8. The molecule has 1 amide bonds. The standard InChI is InChI=1S/C20H28N6O/c1-3-25-11-7-21-19(25)14-24-8-4-16(5-9-24)20-22-12-17-13-26(15(2)27)10-6-18(17)23-20/h7,11-12,16H,3-6,8-10,13-14H2,1-2H3. The SMILES string of the molecule is CCn1ccnc1CN1CCC(c2ncc3c(n2)CCN(C(C)=O)C3)CC1. The minimum absolute atomic E-state index is 0.126. The first-order valence-electron chi connectivity index (χ1n) is 9.96. The second-order valence-corrected chi connectivity index (χ2v) is 7.57. The molecular formula is C20H28N6O. The predicted octanol–water partition coefficient (Wildman–Crippen LogP) is 1.98. The van der Waals surface area contributed by atoms with Gasteiger partial charge in [-0.05, 0) is 32.9 Å². The Balaban J connectivity index is 1.37. The monoisotopic (exact) mass is 368 g/mol. The molecule has 0 radical (unpaired) electrons. The first-order chi connectivity index (χ1) is 13.1. The number of carbonyl (C=O) groups is 1. The Bertz CT molecular complexity index is 809. The van der Waals surface area contributed by atoms with E-state index in [4.69, 9.17) is 4.98 Å². The van der Waals surface area contributed by atoms with Crippen LogP contribution < -0.4 is 0 Å². The van der Waals surface area contributed by atoms with Gasteiger partial charge in [0.1, 0.15) is 11.6 Å². The molecule has 2 aromatic rings. The molecule has 0 spiro atoms. The number of aromatic nitrogens is 4. The third-order valence-electron chi connectivity index (χ3n) is 5.86. The number of hydrogen-bond acceptors (Lipinski definition) is 5. The molecule has 0 aliphatic carbocycles. The van der Waals surface area contributed by atoms with Gasteiger partial charge >= 0.3 is 0 Å². The van der Waals surface area contributed by atoms with Crippen molar-refractivity contribution in [1.82, 2.24) is 29.3 Å². The molecule has 0 unspecified atom stereocenters. The average Bonchev–Trinajstić information content (AvgIpc) is 3.15. The maximum Gasteiger partial charge on any atom is 0.219 e. The van der Waals surface area contributed by atoms with Crippen LogP contribution in [0.5, 0.6) is 0 Å². The van der Waals surface area contributed by atoms with Gasteiger partial charge in [0.25, 0.3) is 0 Å². The number of carbonyl (C=O) groups excluding carboxylic acids is 1. The van der Waals surface area contributed by atoms with Crippen molar-refractivity contribution in [3.8, 4) is 0 Å². The predicted molar refractivity (Wildman–Crippen MR) is 102 cm³/mol. The number of likely N-dealkylation sites (tertiary alicyclic amines) is 1. The summed E-state index contributed by atoms with van der Waals surface area (Å²) < 4.78 is 2.21. The molecule has 4 heterocycles. The minimum Gasteiger partial charge on any atom is -0.338 e. The Morgan fingerprint density at radius 2 is 2.04 bits per heavy atom. The summed E-state index contributed by atoms with van der Waals surface area (Å²) in [5.74, 6) is 2.69. The molecule has 0 N–H and O–H groups in total. The van der Waals surface area contributed by atoms with Gasteiger partial charge in [-0.15, -0.1) is 0 Å². The molecule has 0 bridgehead atoms. The lowest BCUT2D eigenvalue weighted by atomic mass is 9.95. The van der Waals surface area contributed by atoms with Crippen LogP contribution >= 0.6 is 0 Å². The van der Waals surface area contributed by atoms with Crippen LogP contribution in [0.2, 0.25) is 0 Å². The molecule has 4 rings (SSSR count). The lowest BCUT2D eigenvalue weighted by molar-refractivity contribution is -0.129. The summed E-state index contributed by atoms with van der Waals surface area (Å²) >= 11 is 0. The first kappa shape index (κ1) is 18.1. The smallest absolute Gasteiger partial charge is 0.219 e. The number of aryl methyl sites for hydroxylation is 1. The fourth-order valence-corrected chi connectivity index (χ4v) is 4.13. The van der Waals surface area contributed by atoms with E-state index in [1.807, 2.05) is 17.3 Å². The van der Waals surface area contributed by atoms with Crippen LogP contribution in [-0.2, 0) is 30.8 Å². The van der Waals surface area contributed by atoms with Gasteiger partial charge in [-0.2, -0.15) is 0 Å². The Labute approximate surface area is 160 Å². The van der Waals surface area contributed by atoms with Crippen molar-refractivity contribution in [2.24, 2.45) is 0 Å². The Kier molecular flexibility index (Phi) is 5.20. The number of hydrogen-bond donors (Lipinski definition) is 0. The van der Waals surface area contributed by atoms with E-state index in [-0.39, 0.29) is 5.91 Å². The van der Waals surface area contributed by atoms with Gasteiger partial charge in [-0.3, -0.25) is 9.69 Å². The number of imidazole rings is 1. The van der Waals surface area contributed by atoms with Crippen LogP contribution in [0.1, 0.15) is 55.5 Å². The number of fused-ring (bicyclic) bond motifs is 1. The number of piperidine rings is 1. The Hall–Kier alpha value is -2.28. The third kappa shape index (κ3) is 3.88. The fourth-order valence-electron chi connectivity index (χ4n) is 4.13. The summed E-state index contributed by atoms with van der Waals surface area (Å²) in [6.45, 7) is 9.19. The normalized spacial score (nSPS) is 18.5. The largest absolute Gasteiger partial charge is 0.338 e. The Morgan fingerprint density at radius 1 is 1.22 bits per heavy atom. The van der Waals surface area contributed by atoms with Gasteiger partial charge in [0.05, 0.1) is 12.2 Å². The summed E-state index contributed by atoms with van der Waals surface area (Å²) in [5, 5.41) is 0. The van der Waals surface area contributed by atoms with Crippen molar-refractivity contribution in [3.05, 3.63) is 41.5 Å². The molecule has 1 saturated heterocycles. The first-order valence-corrected chi connectivity index (χ1v) is 9.96. The molecule has 27 heavy (non-hydrogen) atoms. The van der Waals surface area contributed by atoms with Gasteiger partial charge in [0.2, 0.25) is 5.91 Å². The molecule has 0 saturated carbocycles. The van der Waals surface area contributed by atoms with Crippen molar-refractivity contribution < 1.29 is 4.79 Å². The second-order valence-electron chi connectivity index (χ2n) is 7.57. The van der Waals surface area contributed by atoms with Gasteiger partial charge in [-0.1, -0.05) is 0 Å². The van der Waals surface area contributed by atoms with Crippen molar-refractivity contribution in [2.75, 3.05) is 19.6 Å². The highest BCUT2D eigenvalue weighted by Gasteiger charge is 2.26. The average molecular weight is 368 g/mol. The van der Waals surface area contributed by atoms with Crippen molar-refractivity contribution in [3.63, 3.8) is 0 Å². The van der Waals surface area contributed by atoms with Crippen LogP contribution in [0, 0.1) is 0 Å². The van der Waals surface area contributed by atoms with E-state index in [1.165, 1.54) is 0 Å². The van der Waals surface area contributed by atoms with Crippen molar-refractivity contribution in [1.29, 1.82) is 0 Å². The van der Waals surface area contributed by atoms with E-state index in [1.54, 1.807) is 6.92 Å². The van der Waals surface area contributed by atoms with Crippen LogP contribution in [0.3, 0.4) is 0 Å². The Morgan fingerprint density at radius 3 is 2.78 bits per heavy atom. The summed E-state index contributed by atoms with van der Waals surface area (Å²) in [6.07, 6.45) is 8.90. The molecule has 144 valence electrons. The van der Waals surface area contributed by atoms with Gasteiger partial charge in [0, 0.05) is 63.1 Å². The van der Waals surface area contributed by atoms with Crippen LogP contribution in [0.4, 0.5) is 0 Å². The molecule has 2 aliphatic heterocycles. The second kappa shape index (κ2) is 7.76. The maximum atomic E-state index is 11.6. The van der Waals surface area contributed by atoms with E-state index in [0.29, 0.717) is 12.5 Å². The fraction of sp³-hybridized carbons (Fsp3) is 0.600. The summed E-state index contributed by atoms with van der Waals surface area (Å²) in [5.41, 5.74) is 2.23. The molecular weight excluding hydrogens is 340 g/mol. The van der Waals surface area contributed by atoms with Crippen LogP contribution in [0.15, 0.2) is 18.6 Å². The van der Waals surface area contributed by atoms with Gasteiger partial charge < -0.3 is 9.47 Å². The van der Waals surface area contributed by atoms with E-state index in [0.717, 1.165) is 74.9 Å². The lowest BCUT2D eigenvalue weighted by Gasteiger charge is -2.32. The molecule has 7 nitrogen and oxygen atoms in total. The molecule has 0 aromatic carbocycles. The van der Waals surface area contributed by atoms with Crippen molar-refractivity contribution in [2.45, 2.75) is 58.7 Å². The number of nitrogens with zero attached hydrogens (tertiary/aromatic N) is 6. The zero-order valence-corrected chi connectivity index (χ0v) is 16.3. The molecule has 2 aromatic heterocycles. The highest BCUT2D eigenvalue weighted by atomic mass is 16.2. The minimum atomic E-state index is 0.126. The topological polar surface area (TPSA) is 67.2 Å². The summed E-state index contributed by atoms with van der Waals surface area (Å²) in [4.78, 5) is 29.9. The van der Waals surface area contributed by atoms with Crippen LogP contribution in [0.25, 0.3) is 0 Å². The lowest BCUT2D eigenvalue weighted by Crippen LogP contribution is -2.36. The van der Waals surface area contributed by atoms with E-state index in [2.05, 4.69) is 32.6 Å². The maximum absolute atomic E-state index is 11.6. The van der Waals surface area contributed by atoms with E-state index < -0.39 is 0 Å². The third-order valence-corrected chi connectivity index (χ3v) is 5.86. The number of amides is 1. The molecule has 2 aliphatic rings. The van der Waals surface area contributed by atoms with Gasteiger partial charge in [0.15, 0.2) is 0 Å². The molecule has 0 atom stereocenters. The highest BCUT2D eigenvalue weighted by molar-refractivity contribution is 5.73. The summed E-state index contributed by atoms with van der Waals surface area (Å²) in [7, 11) is 0. The zero-order valence-electron chi connectivity index (χ0n) is 16.3.